The highest BCUT2D eigenvalue weighted by Crippen LogP contribution is 2.20. The van der Waals surface area contributed by atoms with Crippen LogP contribution >= 0.6 is 0 Å². The first-order valence-corrected chi connectivity index (χ1v) is 7.89. The van der Waals surface area contributed by atoms with E-state index in [1.165, 1.54) is 16.4 Å². The molecule has 0 bridgehead atoms. The monoisotopic (exact) mass is 302 g/mol. The van der Waals surface area contributed by atoms with E-state index in [-0.39, 0.29) is 23.5 Å². The van der Waals surface area contributed by atoms with Crippen molar-refractivity contribution >= 4 is 16.0 Å². The lowest BCUT2D eigenvalue weighted by atomic mass is 10.3. The molecule has 0 amide bonds. The molecule has 1 unspecified atom stereocenters. The average molecular weight is 302 g/mol. The zero-order valence-corrected chi connectivity index (χ0v) is 12.3. The second kappa shape index (κ2) is 5.94. The van der Waals surface area contributed by atoms with Crippen LogP contribution in [0.4, 0.5) is 0 Å². The van der Waals surface area contributed by atoms with E-state index < -0.39 is 16.0 Å². The smallest absolute Gasteiger partial charge is 0.374 e. The largest absolute Gasteiger partial charge is 0.460 e. The summed E-state index contributed by atoms with van der Waals surface area (Å²) in [7, 11) is -3.70. The molecule has 1 atom stereocenters. The molecule has 1 N–H and O–H groups in total. The maximum absolute atomic E-state index is 12.4. The van der Waals surface area contributed by atoms with Crippen molar-refractivity contribution in [1.29, 1.82) is 0 Å². The number of nitrogens with zero attached hydrogens (tertiary/aromatic N) is 1. The molecule has 0 saturated carbocycles. The first kappa shape index (κ1) is 15.0. The number of esters is 1. The fourth-order valence-electron chi connectivity index (χ4n) is 2.01. The molecule has 0 aliphatic carbocycles. The van der Waals surface area contributed by atoms with Gasteiger partial charge in [-0.3, -0.25) is 0 Å². The van der Waals surface area contributed by atoms with Gasteiger partial charge in [-0.2, -0.15) is 4.31 Å². The SMILES string of the molecule is CCOC(=O)c1ccc(S(=O)(=O)N2CCNC(C)C2)o1. The molecule has 2 heterocycles. The lowest BCUT2D eigenvalue weighted by Crippen LogP contribution is -2.51. The Morgan fingerprint density at radius 1 is 1.55 bits per heavy atom. The second-order valence-electron chi connectivity index (χ2n) is 4.56. The predicted molar refractivity (Wildman–Crippen MR) is 70.9 cm³/mol. The molecule has 112 valence electrons. The van der Waals surface area contributed by atoms with Crippen LogP contribution in [-0.2, 0) is 14.8 Å². The molecule has 1 aromatic rings. The molecule has 0 radical (unpaired) electrons. The zero-order chi connectivity index (χ0) is 14.8. The summed E-state index contributed by atoms with van der Waals surface area (Å²) in [5, 5.41) is 2.94. The zero-order valence-electron chi connectivity index (χ0n) is 11.5. The van der Waals surface area contributed by atoms with Gasteiger partial charge in [-0.1, -0.05) is 0 Å². The minimum Gasteiger partial charge on any atom is -0.460 e. The van der Waals surface area contributed by atoms with Crippen molar-refractivity contribution in [3.05, 3.63) is 17.9 Å². The highest BCUT2D eigenvalue weighted by atomic mass is 32.2. The van der Waals surface area contributed by atoms with Crippen molar-refractivity contribution in [3.63, 3.8) is 0 Å². The number of hydrogen-bond acceptors (Lipinski definition) is 6. The summed E-state index contributed by atoms with van der Waals surface area (Å²) in [6.45, 7) is 5.12. The van der Waals surface area contributed by atoms with Crippen molar-refractivity contribution < 1.29 is 22.4 Å². The molecular weight excluding hydrogens is 284 g/mol. The van der Waals surface area contributed by atoms with E-state index in [1.54, 1.807) is 6.92 Å². The van der Waals surface area contributed by atoms with Gasteiger partial charge in [0.05, 0.1) is 6.61 Å². The van der Waals surface area contributed by atoms with Crippen LogP contribution in [-0.4, -0.2) is 51.0 Å². The minimum absolute atomic E-state index is 0.0815. The highest BCUT2D eigenvalue weighted by Gasteiger charge is 2.31. The Bertz CT molecular complexity index is 580. The van der Waals surface area contributed by atoms with Gasteiger partial charge in [0.1, 0.15) is 0 Å². The molecule has 20 heavy (non-hydrogen) atoms. The number of hydrogen-bond donors (Lipinski definition) is 1. The molecule has 1 aliphatic rings. The van der Waals surface area contributed by atoms with Gasteiger partial charge in [0.2, 0.25) is 10.9 Å². The number of furan rings is 1. The van der Waals surface area contributed by atoms with Crippen LogP contribution in [0.15, 0.2) is 21.6 Å². The maximum atomic E-state index is 12.4. The molecule has 8 heteroatoms. The van der Waals surface area contributed by atoms with Gasteiger partial charge in [-0.25, -0.2) is 13.2 Å². The summed E-state index contributed by atoms with van der Waals surface area (Å²) in [4.78, 5) is 11.5. The number of sulfonamides is 1. The van der Waals surface area contributed by atoms with Crippen LogP contribution < -0.4 is 5.32 Å². The van der Waals surface area contributed by atoms with E-state index in [4.69, 9.17) is 9.15 Å². The summed E-state index contributed by atoms with van der Waals surface area (Å²) >= 11 is 0. The van der Waals surface area contributed by atoms with E-state index in [2.05, 4.69) is 5.32 Å². The number of rotatable bonds is 4. The van der Waals surface area contributed by atoms with Gasteiger partial charge in [0, 0.05) is 25.7 Å². The summed E-state index contributed by atoms with van der Waals surface area (Å²) in [6.07, 6.45) is 0. The van der Waals surface area contributed by atoms with E-state index >= 15 is 0 Å². The minimum atomic E-state index is -3.70. The molecule has 2 rings (SSSR count). The molecule has 1 saturated heterocycles. The third-order valence-electron chi connectivity index (χ3n) is 2.98. The van der Waals surface area contributed by atoms with Crippen LogP contribution in [0.5, 0.6) is 0 Å². The van der Waals surface area contributed by atoms with Crippen LogP contribution in [0.1, 0.15) is 24.4 Å². The topological polar surface area (TPSA) is 88.9 Å². The normalized spacial score (nSPS) is 20.8. The van der Waals surface area contributed by atoms with E-state index in [1.807, 2.05) is 6.92 Å². The van der Waals surface area contributed by atoms with E-state index in [0.717, 1.165) is 0 Å². The average Bonchev–Trinajstić information content (AvgIpc) is 2.89. The fourth-order valence-corrected chi connectivity index (χ4v) is 3.45. The van der Waals surface area contributed by atoms with Crippen molar-refractivity contribution in [2.45, 2.75) is 25.0 Å². The summed E-state index contributed by atoms with van der Waals surface area (Å²) in [5.74, 6) is -0.767. The Kier molecular flexibility index (Phi) is 4.46. The Morgan fingerprint density at radius 2 is 2.30 bits per heavy atom. The molecule has 1 aliphatic heterocycles. The van der Waals surface area contributed by atoms with Gasteiger partial charge >= 0.3 is 5.97 Å². The maximum Gasteiger partial charge on any atom is 0.374 e. The summed E-state index contributed by atoms with van der Waals surface area (Å²) in [6, 6.07) is 2.68. The number of carbonyl (C=O) groups is 1. The second-order valence-corrected chi connectivity index (χ2v) is 6.43. The Balaban J connectivity index is 2.19. The fraction of sp³-hybridized carbons (Fsp3) is 0.583. The predicted octanol–water partition coefficient (Wildman–Crippen LogP) is 0.439. The summed E-state index contributed by atoms with van der Waals surface area (Å²) in [5.41, 5.74) is 0. The molecule has 1 aromatic heterocycles. The van der Waals surface area contributed by atoms with E-state index in [9.17, 15) is 13.2 Å². The lowest BCUT2D eigenvalue weighted by Gasteiger charge is -2.30. The highest BCUT2D eigenvalue weighted by molar-refractivity contribution is 7.89. The Hall–Kier alpha value is -1.38. The Morgan fingerprint density at radius 3 is 2.95 bits per heavy atom. The standard InChI is InChI=1S/C12H18N2O5S/c1-3-18-12(15)10-4-5-11(19-10)20(16,17)14-7-6-13-9(2)8-14/h4-5,9,13H,3,6-8H2,1-2H3. The molecule has 0 spiro atoms. The quantitative estimate of drug-likeness (QED) is 0.812. The van der Waals surface area contributed by atoms with Crippen LogP contribution in [0.25, 0.3) is 0 Å². The third-order valence-corrected chi connectivity index (χ3v) is 4.72. The van der Waals surface area contributed by atoms with Crippen LogP contribution in [0, 0.1) is 0 Å². The van der Waals surface area contributed by atoms with E-state index in [0.29, 0.717) is 19.6 Å². The lowest BCUT2D eigenvalue weighted by molar-refractivity contribution is 0.0483. The van der Waals surface area contributed by atoms with Crippen molar-refractivity contribution in [2.24, 2.45) is 0 Å². The van der Waals surface area contributed by atoms with Gasteiger partial charge < -0.3 is 14.5 Å². The molecule has 1 fully saturated rings. The van der Waals surface area contributed by atoms with Crippen molar-refractivity contribution in [3.8, 4) is 0 Å². The van der Waals surface area contributed by atoms with Gasteiger partial charge in [-0.15, -0.1) is 0 Å². The first-order chi connectivity index (χ1) is 9.45. The number of ether oxygens (including phenoxy) is 1. The van der Waals surface area contributed by atoms with Gasteiger partial charge in [0.15, 0.2) is 0 Å². The van der Waals surface area contributed by atoms with Crippen LogP contribution in [0.3, 0.4) is 0 Å². The Labute approximate surface area is 117 Å². The van der Waals surface area contributed by atoms with Crippen LogP contribution in [0.2, 0.25) is 0 Å². The van der Waals surface area contributed by atoms with Gasteiger partial charge in [0.25, 0.3) is 10.0 Å². The summed E-state index contributed by atoms with van der Waals surface area (Å²) < 4.78 is 36.0. The number of carbonyl (C=O) groups excluding carboxylic acids is 1. The first-order valence-electron chi connectivity index (χ1n) is 6.45. The molecular formula is C12H18N2O5S. The molecule has 0 aromatic carbocycles. The van der Waals surface area contributed by atoms with Crippen molar-refractivity contribution in [1.82, 2.24) is 9.62 Å². The molecule has 7 nitrogen and oxygen atoms in total. The number of nitrogens with one attached hydrogen (secondary N) is 1. The van der Waals surface area contributed by atoms with Gasteiger partial charge in [-0.05, 0) is 26.0 Å². The van der Waals surface area contributed by atoms with Crippen molar-refractivity contribution in [2.75, 3.05) is 26.2 Å². The number of piperazine rings is 1. The third kappa shape index (κ3) is 3.02.